The molecule has 6 aliphatic heterocycles. The summed E-state index contributed by atoms with van der Waals surface area (Å²) < 4.78 is 36.5. The number of ether oxygens (including phenoxy) is 6. The summed E-state index contributed by atoms with van der Waals surface area (Å²) in [4.78, 5) is 38.5. The molecule has 0 saturated carbocycles. The minimum absolute atomic E-state index is 0.00682. The number of aliphatic hydroxyl groups is 1. The van der Waals surface area contributed by atoms with Crippen LogP contribution in [0.4, 0.5) is 0 Å². The normalized spacial score (nSPS) is 23.2. The molecule has 14 nitrogen and oxygen atoms in total. The maximum absolute atomic E-state index is 15.3. The van der Waals surface area contributed by atoms with Gasteiger partial charge >= 0.3 is 11.9 Å². The quantitative estimate of drug-likeness (QED) is 0.160. The Hall–Kier alpha value is -4.67. The molecule has 1 saturated heterocycles. The van der Waals surface area contributed by atoms with Crippen molar-refractivity contribution in [2.45, 2.75) is 75.7 Å². The predicted octanol–water partition coefficient (Wildman–Crippen LogP) is 5.72. The number of aromatic hydroxyl groups is 1. The zero-order chi connectivity index (χ0) is 43.3. The van der Waals surface area contributed by atoms with Gasteiger partial charge in [-0.3, -0.25) is 14.6 Å². The highest BCUT2D eigenvalue weighted by molar-refractivity contribution is 7.99. The molecular weight excluding hydrogens is 801 g/mol. The summed E-state index contributed by atoms with van der Waals surface area (Å²) in [6, 6.07) is 7.30. The molecule has 328 valence electrons. The number of phenols is 1. The lowest BCUT2D eigenvalue weighted by molar-refractivity contribution is -0.162. The van der Waals surface area contributed by atoms with Crippen LogP contribution in [0.2, 0.25) is 0 Å². The lowest BCUT2D eigenvalue weighted by Crippen LogP contribution is -2.60. The number of carbonyl (C=O) groups excluding carboxylic acids is 2. The van der Waals surface area contributed by atoms with Crippen LogP contribution in [0.15, 0.2) is 24.3 Å². The Morgan fingerprint density at radius 1 is 1.02 bits per heavy atom. The van der Waals surface area contributed by atoms with Gasteiger partial charge in [-0.15, -0.1) is 11.8 Å². The number of benzene rings is 3. The SMILES string of the molecule is CN(C)C.COc1ccc2[nH]c3c(c2c1)CCN(CCCO)[C@]31CSC2c3c(OC(C)=O)c(C)c4c(c3C(COC1=O)N1CCCc3cc(C)c(OC)c(O)c3CC21)OCO4. The highest BCUT2D eigenvalue weighted by Gasteiger charge is 2.56. The molecule has 3 unspecified atom stereocenters. The second-order valence-corrected chi connectivity index (χ2v) is 18.1. The van der Waals surface area contributed by atoms with E-state index in [1.807, 2.05) is 58.1 Å². The van der Waals surface area contributed by atoms with Crippen LogP contribution in [0.5, 0.6) is 34.5 Å². The summed E-state index contributed by atoms with van der Waals surface area (Å²) in [6.45, 7) is 6.95. The molecule has 1 fully saturated rings. The van der Waals surface area contributed by atoms with Crippen LogP contribution < -0.4 is 23.7 Å². The number of nitrogens with zero attached hydrogens (tertiary/aromatic N) is 3. The highest BCUT2D eigenvalue weighted by atomic mass is 32.2. The molecule has 1 spiro atoms. The van der Waals surface area contributed by atoms with Crippen molar-refractivity contribution in [3.8, 4) is 34.5 Å². The van der Waals surface area contributed by atoms with Gasteiger partial charge in [0.25, 0.3) is 0 Å². The van der Waals surface area contributed by atoms with E-state index < -0.39 is 17.6 Å². The van der Waals surface area contributed by atoms with Gasteiger partial charge in [-0.05, 0) is 109 Å². The number of phenolic OH excluding ortho intramolecular Hbond substituents is 1. The number of aromatic amines is 1. The van der Waals surface area contributed by atoms with Crippen LogP contribution >= 0.6 is 11.8 Å². The Labute approximate surface area is 361 Å². The maximum atomic E-state index is 15.3. The lowest BCUT2D eigenvalue weighted by atomic mass is 9.80. The van der Waals surface area contributed by atoms with Crippen LogP contribution in [0.1, 0.15) is 75.7 Å². The molecule has 0 amide bonds. The molecular formula is C46H58N4O10S. The van der Waals surface area contributed by atoms with Gasteiger partial charge in [0.1, 0.15) is 18.1 Å². The summed E-state index contributed by atoms with van der Waals surface area (Å²) in [6.07, 6.45) is 3.16. The van der Waals surface area contributed by atoms with E-state index in [1.54, 1.807) is 26.0 Å². The van der Waals surface area contributed by atoms with Gasteiger partial charge in [0.15, 0.2) is 28.5 Å². The molecule has 3 N–H and O–H groups in total. The molecule has 0 aliphatic carbocycles. The lowest BCUT2D eigenvalue weighted by Gasteiger charge is -2.52. The van der Waals surface area contributed by atoms with Gasteiger partial charge in [-0.2, -0.15) is 0 Å². The van der Waals surface area contributed by atoms with Gasteiger partial charge in [-0.1, -0.05) is 6.07 Å². The number of hydrogen-bond acceptors (Lipinski definition) is 14. The Bertz CT molecular complexity index is 2340. The molecule has 3 aromatic carbocycles. The fourth-order valence-corrected chi connectivity index (χ4v) is 11.9. The van der Waals surface area contributed by atoms with Crippen LogP contribution in [0.25, 0.3) is 10.9 Å². The summed E-state index contributed by atoms with van der Waals surface area (Å²) in [5.74, 6) is 2.29. The molecule has 2 bridgehead atoms. The number of thioether (sulfide) groups is 1. The third-order valence-electron chi connectivity index (χ3n) is 12.7. The first-order valence-corrected chi connectivity index (χ1v) is 22.1. The average Bonchev–Trinajstić information content (AvgIpc) is 3.86. The van der Waals surface area contributed by atoms with Crippen molar-refractivity contribution >= 4 is 34.6 Å². The molecule has 7 heterocycles. The second kappa shape index (κ2) is 17.2. The Morgan fingerprint density at radius 2 is 1.79 bits per heavy atom. The van der Waals surface area contributed by atoms with E-state index in [0.717, 1.165) is 68.6 Å². The largest absolute Gasteiger partial charge is 0.504 e. The van der Waals surface area contributed by atoms with Gasteiger partial charge in [-0.25, -0.2) is 4.79 Å². The van der Waals surface area contributed by atoms with Crippen molar-refractivity contribution in [3.63, 3.8) is 0 Å². The molecule has 15 heteroatoms. The average molecular weight is 859 g/mol. The van der Waals surface area contributed by atoms with E-state index in [1.165, 1.54) is 6.92 Å². The van der Waals surface area contributed by atoms with Crippen LogP contribution in [-0.4, -0.2) is 129 Å². The summed E-state index contributed by atoms with van der Waals surface area (Å²) in [7, 11) is 9.22. The molecule has 0 radical (unpaired) electrons. The van der Waals surface area contributed by atoms with Crippen LogP contribution in [0.3, 0.4) is 0 Å². The fourth-order valence-electron chi connectivity index (χ4n) is 10.2. The number of esters is 2. The molecule has 4 atom stereocenters. The van der Waals surface area contributed by atoms with Gasteiger partial charge in [0.05, 0.1) is 26.0 Å². The van der Waals surface area contributed by atoms with E-state index in [9.17, 15) is 15.0 Å². The van der Waals surface area contributed by atoms with Crippen molar-refractivity contribution in [2.75, 3.05) is 80.8 Å². The first-order valence-electron chi connectivity index (χ1n) is 21.1. The number of rotatable bonds is 6. The number of aromatic nitrogens is 1. The van der Waals surface area contributed by atoms with Crippen molar-refractivity contribution in [1.29, 1.82) is 0 Å². The molecule has 61 heavy (non-hydrogen) atoms. The zero-order valence-corrected chi connectivity index (χ0v) is 37.3. The Morgan fingerprint density at radius 3 is 2.51 bits per heavy atom. The van der Waals surface area contributed by atoms with E-state index in [4.69, 9.17) is 28.4 Å². The van der Waals surface area contributed by atoms with Gasteiger partial charge in [0.2, 0.25) is 6.79 Å². The standard InChI is InChI=1S/C43H49N3O10S.C3H9N/c1-22-16-25-8-6-13-46-31(18-28(25)35(49)36(22)52-5)40-34-33(39-38(54-21-55-39)23(2)37(34)56-24(3)48)32(46)19-53-42(50)43(20-57-40)41-27(11-14-45(43)12-7-15-47)29-17-26(51-4)9-10-30(29)44-41;1-4(2)3/h9-10,16-17,31-32,40,44,47,49H,6-8,11-15,18-21H2,1-5H3;1-3H3/t31?,32?,40?,43-;/m1./s1. The van der Waals surface area contributed by atoms with E-state index >= 15 is 4.79 Å². The van der Waals surface area contributed by atoms with Crippen molar-refractivity contribution in [2.24, 2.45) is 0 Å². The monoisotopic (exact) mass is 858 g/mol. The van der Waals surface area contributed by atoms with Gasteiger partial charge in [0, 0.05) is 76.8 Å². The van der Waals surface area contributed by atoms with Crippen LogP contribution in [0, 0.1) is 13.8 Å². The number of fused-ring (bicyclic) bond motifs is 8. The minimum Gasteiger partial charge on any atom is -0.504 e. The summed E-state index contributed by atoms with van der Waals surface area (Å²) in [5.41, 5.74) is 6.52. The number of carbonyl (C=O) groups is 2. The van der Waals surface area contributed by atoms with Crippen molar-refractivity contribution < 1.29 is 48.2 Å². The maximum Gasteiger partial charge on any atom is 0.333 e. The first-order chi connectivity index (χ1) is 29.3. The van der Waals surface area contributed by atoms with E-state index in [2.05, 4.69) is 20.9 Å². The zero-order valence-electron chi connectivity index (χ0n) is 36.4. The third-order valence-corrected chi connectivity index (χ3v) is 14.2. The van der Waals surface area contributed by atoms with E-state index in [0.29, 0.717) is 67.5 Å². The Kier molecular flexibility index (Phi) is 12.2. The number of methoxy groups -OCH3 is 2. The number of aliphatic hydroxyl groups excluding tert-OH is 1. The Balaban J connectivity index is 0.00000123. The minimum atomic E-state index is -1.25. The summed E-state index contributed by atoms with van der Waals surface area (Å²) >= 11 is 1.63. The molecule has 10 rings (SSSR count). The molecule has 4 aromatic rings. The highest BCUT2D eigenvalue weighted by Crippen LogP contribution is 2.61. The predicted molar refractivity (Wildman–Crippen MR) is 233 cm³/mol. The third kappa shape index (κ3) is 7.35. The molecule has 6 aliphatic rings. The summed E-state index contributed by atoms with van der Waals surface area (Å²) in [5, 5.41) is 22.5. The number of H-pyrrole nitrogens is 1. The number of nitrogens with one attached hydrogen (secondary N) is 1. The number of hydrogen-bond donors (Lipinski definition) is 3. The van der Waals surface area contributed by atoms with Crippen molar-refractivity contribution in [3.05, 3.63) is 68.9 Å². The topological polar surface area (TPSA) is 155 Å². The number of aryl methyl sites for hydroxylation is 2. The van der Waals surface area contributed by atoms with Crippen LogP contribution in [-0.2, 0) is 39.1 Å². The second-order valence-electron chi connectivity index (χ2n) is 17.0. The smallest absolute Gasteiger partial charge is 0.333 e. The molecule has 1 aromatic heterocycles. The fraction of sp³-hybridized carbons (Fsp3) is 0.522. The van der Waals surface area contributed by atoms with Crippen molar-refractivity contribution in [1.82, 2.24) is 19.7 Å². The first kappa shape index (κ1) is 43.0. The van der Waals surface area contributed by atoms with Gasteiger partial charge < -0.3 is 48.5 Å². The van der Waals surface area contributed by atoms with E-state index in [-0.39, 0.29) is 48.8 Å².